The van der Waals surface area contributed by atoms with E-state index in [-0.39, 0.29) is 33.7 Å². The summed E-state index contributed by atoms with van der Waals surface area (Å²) in [5, 5.41) is 12.4. The topological polar surface area (TPSA) is 77.5 Å². The highest BCUT2D eigenvalue weighted by Crippen LogP contribution is 2.57. The Balaban J connectivity index is 2.19. The second-order valence-corrected chi connectivity index (χ2v) is 30.9. The molecule has 0 aromatic carbocycles. The van der Waals surface area contributed by atoms with Gasteiger partial charge in [0, 0.05) is 19.3 Å². The van der Waals surface area contributed by atoms with E-state index >= 15 is 0 Å². The molecule has 3 rings (SSSR count). The Labute approximate surface area is 235 Å². The number of carbonyl (C=O) groups excluding carboxylic acids is 1. The first-order chi connectivity index (χ1) is 16.7. The van der Waals surface area contributed by atoms with Crippen molar-refractivity contribution in [1.82, 2.24) is 4.90 Å². The number of hydrogen-bond acceptors (Lipinski definition) is 6. The first kappa shape index (κ1) is 32.4. The van der Waals surface area contributed by atoms with Crippen LogP contribution >= 0.6 is 0 Å². The molecule has 3 heterocycles. The van der Waals surface area contributed by atoms with Crippen molar-refractivity contribution in [2.24, 2.45) is 0 Å². The van der Waals surface area contributed by atoms with E-state index in [1.165, 1.54) is 0 Å². The molecule has 10 heteroatoms. The van der Waals surface area contributed by atoms with Gasteiger partial charge in [-0.25, -0.2) is 0 Å². The van der Waals surface area contributed by atoms with Gasteiger partial charge in [0.25, 0.3) is 0 Å². The van der Waals surface area contributed by atoms with Crippen LogP contribution in [0.15, 0.2) is 0 Å². The maximum atomic E-state index is 13.2. The van der Waals surface area contributed by atoms with Crippen molar-refractivity contribution in [3.05, 3.63) is 0 Å². The molecule has 0 aromatic heterocycles. The van der Waals surface area contributed by atoms with Crippen molar-refractivity contribution in [2.75, 3.05) is 6.61 Å². The average molecular weight is 588 g/mol. The second kappa shape index (κ2) is 9.47. The summed E-state index contributed by atoms with van der Waals surface area (Å²) in [6.45, 7) is 33.6. The number of rotatable bonds is 7. The smallest absolute Gasteiger partial charge is 0.227 e. The van der Waals surface area contributed by atoms with Crippen LogP contribution in [0.25, 0.3) is 0 Å². The molecule has 2 bridgehead atoms. The summed E-state index contributed by atoms with van der Waals surface area (Å²) in [5.74, 6) is -0.0641. The molecule has 3 aliphatic heterocycles. The van der Waals surface area contributed by atoms with Crippen molar-refractivity contribution in [2.45, 2.75) is 166 Å². The molecule has 1 amide bonds. The van der Waals surface area contributed by atoms with E-state index in [0.717, 1.165) is 0 Å². The number of carbonyl (C=O) groups is 1. The summed E-state index contributed by atoms with van der Waals surface area (Å²) in [4.78, 5) is 14.8. The Hall–Kier alpha value is -0.0794. The van der Waals surface area contributed by atoms with E-state index in [4.69, 9.17) is 18.0 Å². The van der Waals surface area contributed by atoms with Crippen LogP contribution in [-0.2, 0) is 22.8 Å². The Morgan fingerprint density at radius 2 is 1.34 bits per heavy atom. The first-order valence-corrected chi connectivity index (χ1v) is 23.2. The normalized spacial score (nSPS) is 33.2. The summed E-state index contributed by atoms with van der Waals surface area (Å²) >= 11 is 0. The number of amides is 1. The van der Waals surface area contributed by atoms with Gasteiger partial charge < -0.3 is 23.1 Å². The van der Waals surface area contributed by atoms with E-state index in [2.05, 4.69) is 102 Å². The summed E-state index contributed by atoms with van der Waals surface area (Å²) in [6, 6.07) is 0. The fraction of sp³-hybridized carbons (Fsp3) is 0.964. The molecule has 38 heavy (non-hydrogen) atoms. The zero-order chi connectivity index (χ0) is 29.5. The van der Waals surface area contributed by atoms with Crippen LogP contribution in [-0.4, -0.2) is 77.2 Å². The minimum atomic E-state index is -2.35. The molecule has 3 saturated heterocycles. The summed E-state index contributed by atoms with van der Waals surface area (Å²) < 4.78 is 28.0. The van der Waals surface area contributed by atoms with Crippen LogP contribution in [0.5, 0.6) is 0 Å². The lowest BCUT2D eigenvalue weighted by molar-refractivity contribution is -0.244. The van der Waals surface area contributed by atoms with E-state index in [0.29, 0.717) is 19.3 Å². The summed E-state index contributed by atoms with van der Waals surface area (Å²) in [7, 11) is -6.80. The molecule has 7 nitrogen and oxygen atoms in total. The molecule has 3 aliphatic rings. The van der Waals surface area contributed by atoms with Gasteiger partial charge in [-0.05, 0) is 54.4 Å². The number of aliphatic hydroxyl groups is 1. The lowest BCUT2D eigenvalue weighted by Gasteiger charge is -2.54. The molecular weight excluding hydrogens is 531 g/mol. The van der Waals surface area contributed by atoms with Crippen LogP contribution in [0.2, 0.25) is 54.4 Å². The molecule has 222 valence electrons. The number of nitrogens with zero attached hydrogens (tertiary/aromatic N) is 1. The fourth-order valence-corrected chi connectivity index (χ4v) is 8.74. The Morgan fingerprint density at radius 3 is 1.82 bits per heavy atom. The highest BCUT2D eigenvalue weighted by atomic mass is 28.4. The van der Waals surface area contributed by atoms with Gasteiger partial charge in [0.05, 0.1) is 12.7 Å². The summed E-state index contributed by atoms with van der Waals surface area (Å²) in [5.41, 5.74) is -2.71. The van der Waals surface area contributed by atoms with Crippen molar-refractivity contribution >= 4 is 30.9 Å². The molecule has 5 atom stereocenters. The highest BCUT2D eigenvalue weighted by Gasteiger charge is 2.76. The molecule has 0 unspecified atom stereocenters. The van der Waals surface area contributed by atoms with Crippen molar-refractivity contribution in [3.8, 4) is 0 Å². The largest absolute Gasteiger partial charge is 0.414 e. The van der Waals surface area contributed by atoms with Crippen molar-refractivity contribution in [1.29, 1.82) is 0 Å². The lowest BCUT2D eigenvalue weighted by Crippen LogP contribution is -2.71. The quantitative estimate of drug-likeness (QED) is 0.338. The Kier molecular flexibility index (Phi) is 8.08. The van der Waals surface area contributed by atoms with Gasteiger partial charge in [0.2, 0.25) is 5.91 Å². The minimum absolute atomic E-state index is 0.000440. The molecule has 0 aromatic rings. The van der Waals surface area contributed by atoms with Crippen LogP contribution in [0.3, 0.4) is 0 Å². The molecular formula is C28H57NO6Si3. The van der Waals surface area contributed by atoms with Gasteiger partial charge in [-0.1, -0.05) is 62.3 Å². The predicted molar refractivity (Wildman–Crippen MR) is 161 cm³/mol. The van der Waals surface area contributed by atoms with Crippen molar-refractivity contribution in [3.63, 3.8) is 0 Å². The van der Waals surface area contributed by atoms with Gasteiger partial charge in [0.1, 0.15) is 12.3 Å². The van der Waals surface area contributed by atoms with E-state index in [1.54, 1.807) is 4.90 Å². The van der Waals surface area contributed by atoms with Crippen LogP contribution < -0.4 is 0 Å². The van der Waals surface area contributed by atoms with Crippen molar-refractivity contribution < 1.29 is 27.9 Å². The molecule has 0 aliphatic carbocycles. The average Bonchev–Trinajstić information content (AvgIpc) is 3.11. The lowest BCUT2D eigenvalue weighted by atomic mass is 9.81. The molecule has 0 spiro atoms. The number of hydrogen-bond donors (Lipinski definition) is 1. The van der Waals surface area contributed by atoms with Gasteiger partial charge in [0.15, 0.2) is 36.3 Å². The van der Waals surface area contributed by atoms with Crippen LogP contribution in [0.1, 0.15) is 81.6 Å². The predicted octanol–water partition coefficient (Wildman–Crippen LogP) is 6.60. The molecule has 0 saturated carbocycles. The standard InChI is InChI=1S/C28H57NO6Si3/c1-24(2,3)36(10,11)32-19-27-23(35-38(14,15)26(7,8)9)20(34-37(12,13)25(4,5)6)18-22(33-27)29-21(30)16-17-28(27,29)31/h20,22-23,31H,16-19H2,1-15H3/t20-,22+,23+,27-,28+/m1/s1. The molecule has 0 radical (unpaired) electrons. The maximum absolute atomic E-state index is 13.2. The summed E-state index contributed by atoms with van der Waals surface area (Å²) in [6.07, 6.45) is -0.311. The van der Waals surface area contributed by atoms with Crippen LogP contribution in [0, 0.1) is 0 Å². The fourth-order valence-electron chi connectivity index (χ4n) is 5.07. The van der Waals surface area contributed by atoms with Gasteiger partial charge in [-0.3, -0.25) is 9.69 Å². The molecule has 1 N–H and O–H groups in total. The minimum Gasteiger partial charge on any atom is -0.414 e. The third kappa shape index (κ3) is 5.18. The number of fused-ring (bicyclic) bond motifs is 5. The SMILES string of the molecule is CC(C)(C)[Si](C)(C)OC[C@@]12O[C@@H](C[C@@H](O[Si](C)(C)C(C)(C)C)[C@@H]1O[Si](C)(C)C(C)(C)C)N1C(=O)CC[C@@]12O. The zero-order valence-corrected chi connectivity index (χ0v) is 30.0. The Bertz CT molecular complexity index is 919. The monoisotopic (exact) mass is 587 g/mol. The van der Waals surface area contributed by atoms with E-state index in [9.17, 15) is 9.90 Å². The third-order valence-corrected chi connectivity index (χ3v) is 24.3. The van der Waals surface area contributed by atoms with Gasteiger partial charge in [-0.15, -0.1) is 0 Å². The van der Waals surface area contributed by atoms with E-state index < -0.39 is 48.6 Å². The zero-order valence-electron chi connectivity index (χ0n) is 27.0. The number of ether oxygens (including phenoxy) is 1. The maximum Gasteiger partial charge on any atom is 0.227 e. The third-order valence-electron chi connectivity index (χ3n) is 10.8. The van der Waals surface area contributed by atoms with Gasteiger partial charge >= 0.3 is 0 Å². The van der Waals surface area contributed by atoms with E-state index in [1.807, 2.05) is 0 Å². The van der Waals surface area contributed by atoms with Gasteiger partial charge in [-0.2, -0.15) is 0 Å². The second-order valence-electron chi connectivity index (χ2n) is 16.5. The first-order valence-electron chi connectivity index (χ1n) is 14.4. The molecule has 3 fully saturated rings. The Morgan fingerprint density at radius 1 is 0.868 bits per heavy atom. The van der Waals surface area contributed by atoms with Crippen LogP contribution in [0.4, 0.5) is 0 Å². The highest BCUT2D eigenvalue weighted by molar-refractivity contribution is 6.75.